The van der Waals surface area contributed by atoms with Gasteiger partial charge in [0.05, 0.1) is 17.6 Å². The van der Waals surface area contributed by atoms with E-state index < -0.39 is 0 Å². The fourth-order valence-corrected chi connectivity index (χ4v) is 3.34. The molecule has 0 saturated carbocycles. The fourth-order valence-electron chi connectivity index (χ4n) is 3.34. The van der Waals surface area contributed by atoms with Crippen LogP contribution >= 0.6 is 0 Å². The van der Waals surface area contributed by atoms with Gasteiger partial charge in [-0.05, 0) is 49.9 Å². The molecular formula is C19H25N7. The number of hydrogen-bond donors (Lipinski definition) is 2. The van der Waals surface area contributed by atoms with Crippen LogP contribution in [0.2, 0.25) is 0 Å². The van der Waals surface area contributed by atoms with Gasteiger partial charge < -0.3 is 10.6 Å². The van der Waals surface area contributed by atoms with Crippen molar-refractivity contribution in [2.24, 2.45) is 5.92 Å². The van der Waals surface area contributed by atoms with Crippen LogP contribution in [0.4, 0.5) is 5.95 Å². The molecule has 1 saturated heterocycles. The summed E-state index contributed by atoms with van der Waals surface area (Å²) in [7, 11) is 0. The Labute approximate surface area is 153 Å². The van der Waals surface area contributed by atoms with E-state index in [9.17, 15) is 0 Å². The summed E-state index contributed by atoms with van der Waals surface area (Å²) in [5.41, 5.74) is 3.70. The van der Waals surface area contributed by atoms with Gasteiger partial charge in [-0.2, -0.15) is 5.10 Å². The summed E-state index contributed by atoms with van der Waals surface area (Å²) in [6.07, 6.45) is 8.02. The van der Waals surface area contributed by atoms with Crippen molar-refractivity contribution < 1.29 is 0 Å². The second-order valence-electron chi connectivity index (χ2n) is 7.18. The zero-order chi connectivity index (χ0) is 17.9. The average molecular weight is 351 g/mol. The Kier molecular flexibility index (Phi) is 4.79. The van der Waals surface area contributed by atoms with Crippen LogP contribution in [0.1, 0.15) is 38.2 Å². The highest BCUT2D eigenvalue weighted by Gasteiger charge is 2.14. The zero-order valence-electron chi connectivity index (χ0n) is 15.3. The molecule has 3 aromatic heterocycles. The van der Waals surface area contributed by atoms with Gasteiger partial charge in [0.25, 0.3) is 0 Å². The standard InChI is InChI=1S/C19H25N7/c1-13(2)15-12-23-26-10-6-17(24-18(15)26)16-5-9-21-19(25-16)22-11-14-3-7-20-8-4-14/h5-6,9-10,12-14,20H,3-4,7-8,11H2,1-2H3,(H,21,22,25). The molecule has 0 atom stereocenters. The Balaban J connectivity index is 1.55. The lowest BCUT2D eigenvalue weighted by Crippen LogP contribution is -2.31. The Morgan fingerprint density at radius 2 is 2.00 bits per heavy atom. The molecular weight excluding hydrogens is 326 g/mol. The second kappa shape index (κ2) is 7.37. The maximum atomic E-state index is 4.79. The highest BCUT2D eigenvalue weighted by atomic mass is 15.2. The third-order valence-corrected chi connectivity index (χ3v) is 4.94. The maximum absolute atomic E-state index is 4.79. The molecule has 4 heterocycles. The molecule has 2 N–H and O–H groups in total. The third kappa shape index (κ3) is 3.53. The molecule has 1 fully saturated rings. The highest BCUT2D eigenvalue weighted by Crippen LogP contribution is 2.22. The molecule has 136 valence electrons. The summed E-state index contributed by atoms with van der Waals surface area (Å²) in [5, 5.41) is 11.2. The molecule has 0 unspecified atom stereocenters. The minimum Gasteiger partial charge on any atom is -0.354 e. The first-order valence-corrected chi connectivity index (χ1v) is 9.33. The number of piperidine rings is 1. The van der Waals surface area contributed by atoms with Crippen molar-refractivity contribution in [1.82, 2.24) is 29.9 Å². The monoisotopic (exact) mass is 351 g/mol. The van der Waals surface area contributed by atoms with Gasteiger partial charge in [0.2, 0.25) is 5.95 Å². The van der Waals surface area contributed by atoms with E-state index in [-0.39, 0.29) is 0 Å². The van der Waals surface area contributed by atoms with E-state index in [1.807, 2.05) is 29.0 Å². The van der Waals surface area contributed by atoms with Gasteiger partial charge in [0.1, 0.15) is 0 Å². The largest absolute Gasteiger partial charge is 0.354 e. The van der Waals surface area contributed by atoms with Gasteiger partial charge in [0.15, 0.2) is 5.65 Å². The van der Waals surface area contributed by atoms with E-state index in [2.05, 4.69) is 39.5 Å². The lowest BCUT2D eigenvalue weighted by atomic mass is 9.98. The summed E-state index contributed by atoms with van der Waals surface area (Å²) in [6, 6.07) is 3.85. The molecule has 4 rings (SSSR count). The Bertz CT molecular complexity index is 880. The second-order valence-corrected chi connectivity index (χ2v) is 7.18. The normalized spacial score (nSPS) is 15.7. The van der Waals surface area contributed by atoms with Crippen LogP contribution in [0.5, 0.6) is 0 Å². The number of aromatic nitrogens is 5. The minimum atomic E-state index is 0.378. The molecule has 1 aliphatic rings. The molecule has 26 heavy (non-hydrogen) atoms. The van der Waals surface area contributed by atoms with E-state index in [1.165, 1.54) is 12.8 Å². The molecule has 7 nitrogen and oxygen atoms in total. The zero-order valence-corrected chi connectivity index (χ0v) is 15.3. The summed E-state index contributed by atoms with van der Waals surface area (Å²) in [4.78, 5) is 13.8. The molecule has 0 radical (unpaired) electrons. The molecule has 7 heteroatoms. The highest BCUT2D eigenvalue weighted by molar-refractivity contribution is 5.60. The van der Waals surface area contributed by atoms with Crippen LogP contribution in [0, 0.1) is 5.92 Å². The summed E-state index contributed by atoms with van der Waals surface area (Å²) < 4.78 is 1.82. The minimum absolute atomic E-state index is 0.378. The molecule has 0 aliphatic carbocycles. The van der Waals surface area contributed by atoms with Gasteiger partial charge in [-0.25, -0.2) is 19.5 Å². The third-order valence-electron chi connectivity index (χ3n) is 4.94. The summed E-state index contributed by atoms with van der Waals surface area (Å²) in [5.74, 6) is 1.72. The van der Waals surface area contributed by atoms with E-state index in [0.29, 0.717) is 17.8 Å². The number of rotatable bonds is 5. The predicted octanol–water partition coefficient (Wildman–Crippen LogP) is 2.72. The first-order valence-electron chi connectivity index (χ1n) is 9.33. The topological polar surface area (TPSA) is 80.0 Å². The molecule has 0 aromatic carbocycles. The number of fused-ring (bicyclic) bond motifs is 1. The van der Waals surface area contributed by atoms with Gasteiger partial charge in [-0.3, -0.25) is 0 Å². The smallest absolute Gasteiger partial charge is 0.223 e. The van der Waals surface area contributed by atoms with Crippen molar-refractivity contribution >= 4 is 11.6 Å². The first kappa shape index (κ1) is 16.9. The molecule has 0 bridgehead atoms. The van der Waals surface area contributed by atoms with Crippen molar-refractivity contribution in [2.75, 3.05) is 25.0 Å². The van der Waals surface area contributed by atoms with Crippen molar-refractivity contribution in [3.63, 3.8) is 0 Å². The van der Waals surface area contributed by atoms with Crippen molar-refractivity contribution in [3.05, 3.63) is 36.3 Å². The molecule has 3 aromatic rings. The Morgan fingerprint density at radius 1 is 1.19 bits per heavy atom. The summed E-state index contributed by atoms with van der Waals surface area (Å²) >= 11 is 0. The predicted molar refractivity (Wildman–Crippen MR) is 102 cm³/mol. The van der Waals surface area contributed by atoms with Gasteiger partial charge >= 0.3 is 0 Å². The maximum Gasteiger partial charge on any atom is 0.223 e. The fraction of sp³-hybridized carbons (Fsp3) is 0.474. The molecule has 0 spiro atoms. The average Bonchev–Trinajstić information content (AvgIpc) is 3.11. The lowest BCUT2D eigenvalue weighted by molar-refractivity contribution is 0.389. The van der Waals surface area contributed by atoms with E-state index >= 15 is 0 Å². The van der Waals surface area contributed by atoms with Crippen LogP contribution in [-0.4, -0.2) is 44.2 Å². The van der Waals surface area contributed by atoms with E-state index in [1.54, 1.807) is 6.20 Å². The number of anilines is 1. The molecule has 0 amide bonds. The summed E-state index contributed by atoms with van der Waals surface area (Å²) in [6.45, 7) is 7.41. The van der Waals surface area contributed by atoms with Crippen LogP contribution in [-0.2, 0) is 0 Å². The van der Waals surface area contributed by atoms with Crippen molar-refractivity contribution in [2.45, 2.75) is 32.6 Å². The number of nitrogens with zero attached hydrogens (tertiary/aromatic N) is 5. The van der Waals surface area contributed by atoms with E-state index in [4.69, 9.17) is 4.98 Å². The van der Waals surface area contributed by atoms with Crippen LogP contribution in [0.15, 0.2) is 30.7 Å². The van der Waals surface area contributed by atoms with Gasteiger partial charge in [-0.1, -0.05) is 13.8 Å². The Hall–Kier alpha value is -2.54. The first-order chi connectivity index (χ1) is 12.7. The molecule has 1 aliphatic heterocycles. The van der Waals surface area contributed by atoms with Crippen molar-refractivity contribution in [3.8, 4) is 11.4 Å². The van der Waals surface area contributed by atoms with E-state index in [0.717, 1.165) is 42.2 Å². The number of nitrogens with one attached hydrogen (secondary N) is 2. The van der Waals surface area contributed by atoms with Gasteiger partial charge in [0, 0.05) is 24.5 Å². The van der Waals surface area contributed by atoms with Gasteiger partial charge in [-0.15, -0.1) is 0 Å². The Morgan fingerprint density at radius 3 is 2.81 bits per heavy atom. The van der Waals surface area contributed by atoms with Crippen LogP contribution < -0.4 is 10.6 Å². The van der Waals surface area contributed by atoms with Crippen molar-refractivity contribution in [1.29, 1.82) is 0 Å². The van der Waals surface area contributed by atoms with Crippen LogP contribution in [0.25, 0.3) is 17.0 Å². The SMILES string of the molecule is CC(C)c1cnn2ccc(-c3ccnc(NCC4CCNCC4)n3)nc12. The lowest BCUT2D eigenvalue weighted by Gasteiger charge is -2.22. The number of hydrogen-bond acceptors (Lipinski definition) is 6. The quantitative estimate of drug-likeness (QED) is 0.736. The van der Waals surface area contributed by atoms with Crippen LogP contribution in [0.3, 0.4) is 0 Å².